The monoisotopic (exact) mass is 470 g/mol. The first-order valence-corrected chi connectivity index (χ1v) is 11.6. The van der Waals surface area contributed by atoms with Crippen LogP contribution in [-0.2, 0) is 26.0 Å². The predicted molar refractivity (Wildman–Crippen MR) is 118 cm³/mol. The molecule has 1 atom stereocenters. The van der Waals surface area contributed by atoms with Gasteiger partial charge in [-0.15, -0.1) is 5.10 Å². The van der Waals surface area contributed by atoms with Crippen LogP contribution in [0.1, 0.15) is 12.5 Å². The standard InChI is InChI=1S/C21H22N6O5S/c1-3-32-21(28)18(10-14-12-22-17-7-5-4-6-16(14)17)24-33(29,30)15-8-9-20(31-2)19(11-15)27-13-23-25-26-27/h4-9,11-13,18,22,24H,3,10H2,1-2H3/t18-/m0/s1. The Bertz CT molecular complexity index is 1370. The highest BCUT2D eigenvalue weighted by Crippen LogP contribution is 2.26. The van der Waals surface area contributed by atoms with E-state index in [9.17, 15) is 13.2 Å². The summed E-state index contributed by atoms with van der Waals surface area (Å²) in [5, 5.41) is 11.8. The van der Waals surface area contributed by atoms with Gasteiger partial charge in [-0.1, -0.05) is 18.2 Å². The number of tetrazole rings is 1. The van der Waals surface area contributed by atoms with Crippen LogP contribution in [0, 0.1) is 0 Å². The highest BCUT2D eigenvalue weighted by atomic mass is 32.2. The van der Waals surface area contributed by atoms with E-state index in [-0.39, 0.29) is 17.9 Å². The summed E-state index contributed by atoms with van der Waals surface area (Å²) < 4.78 is 40.7. The van der Waals surface area contributed by atoms with Gasteiger partial charge in [0, 0.05) is 23.5 Å². The Morgan fingerprint density at radius 2 is 2.06 bits per heavy atom. The number of nitrogens with one attached hydrogen (secondary N) is 2. The summed E-state index contributed by atoms with van der Waals surface area (Å²) in [5.74, 6) is -0.289. The van der Waals surface area contributed by atoms with Gasteiger partial charge in [-0.3, -0.25) is 4.79 Å². The van der Waals surface area contributed by atoms with Gasteiger partial charge in [-0.05, 0) is 47.2 Å². The maximum atomic E-state index is 13.2. The van der Waals surface area contributed by atoms with Crippen molar-refractivity contribution in [3.63, 3.8) is 0 Å². The molecule has 12 heteroatoms. The molecule has 11 nitrogen and oxygen atoms in total. The average molecular weight is 471 g/mol. The number of fused-ring (bicyclic) bond motifs is 1. The van der Waals surface area contributed by atoms with E-state index in [1.807, 2.05) is 24.3 Å². The van der Waals surface area contributed by atoms with E-state index in [4.69, 9.17) is 9.47 Å². The summed E-state index contributed by atoms with van der Waals surface area (Å²) >= 11 is 0. The molecule has 172 valence electrons. The number of carbonyl (C=O) groups excluding carboxylic acids is 1. The molecule has 0 saturated heterocycles. The largest absolute Gasteiger partial charge is 0.494 e. The van der Waals surface area contributed by atoms with Crippen molar-refractivity contribution in [3.05, 3.63) is 60.6 Å². The predicted octanol–water partition coefficient (Wildman–Crippen LogP) is 1.60. The lowest BCUT2D eigenvalue weighted by Crippen LogP contribution is -2.43. The van der Waals surface area contributed by atoms with Gasteiger partial charge in [0.25, 0.3) is 0 Å². The summed E-state index contributed by atoms with van der Waals surface area (Å²) in [6.07, 6.45) is 3.19. The minimum absolute atomic E-state index is 0.0815. The van der Waals surface area contributed by atoms with Crippen LogP contribution < -0.4 is 9.46 Å². The molecule has 0 unspecified atom stereocenters. The molecule has 2 aromatic carbocycles. The maximum Gasteiger partial charge on any atom is 0.324 e. The number of methoxy groups -OCH3 is 1. The van der Waals surface area contributed by atoms with Gasteiger partial charge in [-0.2, -0.15) is 9.40 Å². The van der Waals surface area contributed by atoms with Gasteiger partial charge < -0.3 is 14.5 Å². The number of carbonyl (C=O) groups is 1. The number of ether oxygens (including phenoxy) is 2. The number of benzene rings is 2. The number of para-hydroxylation sites is 1. The molecule has 0 fully saturated rings. The number of aromatic nitrogens is 5. The topological polar surface area (TPSA) is 141 Å². The van der Waals surface area contributed by atoms with Crippen LogP contribution in [0.5, 0.6) is 5.75 Å². The third-order valence-electron chi connectivity index (χ3n) is 5.02. The number of H-pyrrole nitrogens is 1. The Labute approximate surface area is 189 Å². The van der Waals surface area contributed by atoms with Gasteiger partial charge in [0.05, 0.1) is 18.6 Å². The Balaban J connectivity index is 1.67. The van der Waals surface area contributed by atoms with Gasteiger partial charge in [0.15, 0.2) is 0 Å². The second kappa shape index (κ2) is 9.38. The fraction of sp³-hybridized carbons (Fsp3) is 0.238. The summed E-state index contributed by atoms with van der Waals surface area (Å²) in [5.41, 5.74) is 2.00. The number of hydrogen-bond acceptors (Lipinski definition) is 8. The molecule has 0 aliphatic carbocycles. The lowest BCUT2D eigenvalue weighted by molar-refractivity contribution is -0.145. The van der Waals surface area contributed by atoms with Gasteiger partial charge in [-0.25, -0.2) is 8.42 Å². The third kappa shape index (κ3) is 4.71. The molecule has 0 saturated carbocycles. The van der Waals surface area contributed by atoms with Crippen molar-refractivity contribution < 1.29 is 22.7 Å². The molecule has 4 rings (SSSR count). The van der Waals surface area contributed by atoms with Crippen molar-refractivity contribution in [1.29, 1.82) is 0 Å². The van der Waals surface area contributed by atoms with Crippen LogP contribution >= 0.6 is 0 Å². The molecule has 0 aliphatic heterocycles. The van der Waals surface area contributed by atoms with E-state index >= 15 is 0 Å². The summed E-state index contributed by atoms with van der Waals surface area (Å²) in [6.45, 7) is 1.79. The lowest BCUT2D eigenvalue weighted by atomic mass is 10.1. The SMILES string of the molecule is CCOC(=O)[C@H](Cc1c[nH]c2ccccc12)NS(=O)(=O)c1ccc(OC)c(-n2cnnn2)c1. The molecule has 2 N–H and O–H groups in total. The van der Waals surface area contributed by atoms with Crippen molar-refractivity contribution in [2.24, 2.45) is 0 Å². The van der Waals surface area contributed by atoms with Crippen LogP contribution in [-0.4, -0.2) is 59.3 Å². The molecule has 33 heavy (non-hydrogen) atoms. The molecule has 0 spiro atoms. The second-order valence-corrected chi connectivity index (χ2v) is 8.79. The van der Waals surface area contributed by atoms with Crippen LogP contribution in [0.25, 0.3) is 16.6 Å². The minimum Gasteiger partial charge on any atom is -0.494 e. The van der Waals surface area contributed by atoms with Gasteiger partial charge in [0.1, 0.15) is 23.8 Å². The first kappa shape index (κ1) is 22.4. The highest BCUT2D eigenvalue weighted by molar-refractivity contribution is 7.89. The first-order chi connectivity index (χ1) is 15.9. The molecule has 0 amide bonds. The summed E-state index contributed by atoms with van der Waals surface area (Å²) in [7, 11) is -2.66. The number of nitrogens with zero attached hydrogens (tertiary/aromatic N) is 4. The molecule has 2 heterocycles. The quantitative estimate of drug-likeness (QED) is 0.352. The van der Waals surface area contributed by atoms with E-state index in [0.717, 1.165) is 16.5 Å². The Morgan fingerprint density at radius 3 is 2.79 bits per heavy atom. The van der Waals surface area contributed by atoms with Crippen LogP contribution in [0.15, 0.2) is 59.9 Å². The average Bonchev–Trinajstić information content (AvgIpc) is 3.49. The van der Waals surface area contributed by atoms with Crippen molar-refractivity contribution in [2.45, 2.75) is 24.3 Å². The minimum atomic E-state index is -4.12. The Kier molecular flexibility index (Phi) is 6.38. The van der Waals surface area contributed by atoms with Crippen LogP contribution in [0.3, 0.4) is 0 Å². The summed E-state index contributed by atoms with van der Waals surface area (Å²) in [6, 6.07) is 10.7. The zero-order chi connectivity index (χ0) is 23.4. The Hall–Kier alpha value is -3.77. The van der Waals surface area contributed by atoms with Crippen molar-refractivity contribution in [1.82, 2.24) is 29.9 Å². The first-order valence-electron chi connectivity index (χ1n) is 10.1. The molecule has 2 aromatic heterocycles. The second-order valence-electron chi connectivity index (χ2n) is 7.08. The van der Waals surface area contributed by atoms with E-state index in [0.29, 0.717) is 11.4 Å². The van der Waals surface area contributed by atoms with Crippen LogP contribution in [0.2, 0.25) is 0 Å². The van der Waals surface area contributed by atoms with E-state index < -0.39 is 22.0 Å². The van der Waals surface area contributed by atoms with Crippen molar-refractivity contribution in [2.75, 3.05) is 13.7 Å². The number of aromatic amines is 1. The number of sulfonamides is 1. The molecule has 0 aliphatic rings. The van der Waals surface area contributed by atoms with E-state index in [1.165, 1.54) is 36.3 Å². The van der Waals surface area contributed by atoms with Crippen molar-refractivity contribution >= 4 is 26.9 Å². The lowest BCUT2D eigenvalue weighted by Gasteiger charge is -2.18. The number of rotatable bonds is 9. The molecular weight excluding hydrogens is 448 g/mol. The number of hydrogen-bond donors (Lipinski definition) is 2. The van der Waals surface area contributed by atoms with E-state index in [1.54, 1.807) is 13.1 Å². The highest BCUT2D eigenvalue weighted by Gasteiger charge is 2.29. The summed E-state index contributed by atoms with van der Waals surface area (Å²) in [4.78, 5) is 15.7. The van der Waals surface area contributed by atoms with Crippen LogP contribution in [0.4, 0.5) is 0 Å². The Morgan fingerprint density at radius 1 is 1.24 bits per heavy atom. The maximum absolute atomic E-state index is 13.2. The van der Waals surface area contributed by atoms with Gasteiger partial charge in [0.2, 0.25) is 10.0 Å². The smallest absolute Gasteiger partial charge is 0.324 e. The molecule has 4 aromatic rings. The van der Waals surface area contributed by atoms with E-state index in [2.05, 4.69) is 25.2 Å². The van der Waals surface area contributed by atoms with Crippen molar-refractivity contribution in [3.8, 4) is 11.4 Å². The number of esters is 1. The molecular formula is C21H22N6O5S. The molecule has 0 radical (unpaired) electrons. The zero-order valence-corrected chi connectivity index (χ0v) is 18.7. The fourth-order valence-corrected chi connectivity index (χ4v) is 4.68. The molecule has 0 bridgehead atoms. The third-order valence-corrected chi connectivity index (χ3v) is 6.49. The van der Waals surface area contributed by atoms with Gasteiger partial charge >= 0.3 is 5.97 Å². The fourth-order valence-electron chi connectivity index (χ4n) is 3.48. The normalized spacial score (nSPS) is 12.5. The zero-order valence-electron chi connectivity index (χ0n) is 17.9.